The molecule has 0 aromatic carbocycles. The lowest BCUT2D eigenvalue weighted by Crippen LogP contribution is -2.38. The van der Waals surface area contributed by atoms with Crippen LogP contribution in [0, 0.1) is 0 Å². The van der Waals surface area contributed by atoms with Crippen LogP contribution in [0.2, 0.25) is 0 Å². The Morgan fingerprint density at radius 3 is 2.88 bits per heavy atom. The van der Waals surface area contributed by atoms with E-state index in [9.17, 15) is 8.42 Å². The van der Waals surface area contributed by atoms with E-state index in [0.717, 1.165) is 18.5 Å². The van der Waals surface area contributed by atoms with E-state index in [4.69, 9.17) is 5.73 Å². The highest BCUT2D eigenvalue weighted by Crippen LogP contribution is 2.28. The minimum absolute atomic E-state index is 0.267. The van der Waals surface area contributed by atoms with Crippen molar-refractivity contribution >= 4 is 9.84 Å². The third-order valence-corrected chi connectivity index (χ3v) is 5.54. The van der Waals surface area contributed by atoms with E-state index in [1.165, 1.54) is 0 Å². The van der Waals surface area contributed by atoms with Crippen molar-refractivity contribution in [1.29, 1.82) is 0 Å². The molecule has 0 saturated carbocycles. The SMILES string of the molecule is Cn1nccc1C(N)C1CCCCS1(=O)=O. The Kier molecular flexibility index (Phi) is 3.03. The normalized spacial score (nSPS) is 26.5. The van der Waals surface area contributed by atoms with Gasteiger partial charge in [-0.15, -0.1) is 0 Å². The molecule has 16 heavy (non-hydrogen) atoms. The van der Waals surface area contributed by atoms with Gasteiger partial charge in [0.25, 0.3) is 0 Å². The van der Waals surface area contributed by atoms with Crippen molar-refractivity contribution in [3.8, 4) is 0 Å². The highest BCUT2D eigenvalue weighted by Gasteiger charge is 2.35. The molecule has 90 valence electrons. The molecule has 1 aliphatic rings. The minimum atomic E-state index is -3.03. The second-order valence-corrected chi connectivity index (χ2v) is 6.65. The molecule has 1 aliphatic heterocycles. The van der Waals surface area contributed by atoms with E-state index in [0.29, 0.717) is 6.42 Å². The van der Waals surface area contributed by atoms with Crippen LogP contribution in [-0.4, -0.2) is 29.2 Å². The zero-order chi connectivity index (χ0) is 11.8. The molecule has 2 unspecified atom stereocenters. The topological polar surface area (TPSA) is 78.0 Å². The number of aryl methyl sites for hydroxylation is 1. The molecule has 0 radical (unpaired) electrons. The van der Waals surface area contributed by atoms with Gasteiger partial charge in [0, 0.05) is 13.2 Å². The molecule has 1 aromatic heterocycles. The van der Waals surface area contributed by atoms with Gasteiger partial charge in [0.2, 0.25) is 0 Å². The van der Waals surface area contributed by atoms with Crippen molar-refractivity contribution in [2.45, 2.75) is 30.6 Å². The summed E-state index contributed by atoms with van der Waals surface area (Å²) in [5.41, 5.74) is 6.84. The lowest BCUT2D eigenvalue weighted by atomic mass is 10.1. The number of aromatic nitrogens is 2. The van der Waals surface area contributed by atoms with Crippen LogP contribution in [-0.2, 0) is 16.9 Å². The molecule has 2 rings (SSSR count). The maximum Gasteiger partial charge on any atom is 0.155 e. The Balaban J connectivity index is 2.28. The number of hydrogen-bond donors (Lipinski definition) is 1. The first-order chi connectivity index (χ1) is 7.52. The van der Waals surface area contributed by atoms with Gasteiger partial charge >= 0.3 is 0 Å². The number of sulfone groups is 1. The molecule has 6 heteroatoms. The fourth-order valence-corrected chi connectivity index (χ4v) is 4.31. The Bertz CT molecular complexity index is 466. The van der Waals surface area contributed by atoms with Gasteiger partial charge in [0.1, 0.15) is 0 Å². The first-order valence-corrected chi connectivity index (χ1v) is 7.19. The maximum atomic E-state index is 11.9. The van der Waals surface area contributed by atoms with Gasteiger partial charge in [0.05, 0.1) is 22.7 Å². The molecular formula is C10H17N3O2S. The maximum absolute atomic E-state index is 11.9. The molecule has 2 heterocycles. The van der Waals surface area contributed by atoms with E-state index in [-0.39, 0.29) is 5.75 Å². The van der Waals surface area contributed by atoms with E-state index < -0.39 is 21.1 Å². The van der Waals surface area contributed by atoms with Gasteiger partial charge in [-0.05, 0) is 18.9 Å². The minimum Gasteiger partial charge on any atom is -0.322 e. The van der Waals surface area contributed by atoms with E-state index in [1.54, 1.807) is 24.0 Å². The average Bonchev–Trinajstić information content (AvgIpc) is 2.63. The number of nitrogens with zero attached hydrogens (tertiary/aromatic N) is 2. The zero-order valence-corrected chi connectivity index (χ0v) is 10.2. The number of hydrogen-bond acceptors (Lipinski definition) is 4. The first kappa shape index (κ1) is 11.6. The van der Waals surface area contributed by atoms with Crippen molar-refractivity contribution in [2.75, 3.05) is 5.75 Å². The van der Waals surface area contributed by atoms with Crippen molar-refractivity contribution in [2.24, 2.45) is 12.8 Å². The molecule has 5 nitrogen and oxygen atoms in total. The van der Waals surface area contributed by atoms with Crippen LogP contribution in [0.4, 0.5) is 0 Å². The van der Waals surface area contributed by atoms with Crippen molar-refractivity contribution in [3.05, 3.63) is 18.0 Å². The molecule has 0 bridgehead atoms. The van der Waals surface area contributed by atoms with Gasteiger partial charge in [0.15, 0.2) is 9.84 Å². The van der Waals surface area contributed by atoms with Gasteiger partial charge in [-0.3, -0.25) is 4.68 Å². The van der Waals surface area contributed by atoms with Crippen LogP contribution in [0.25, 0.3) is 0 Å². The second kappa shape index (κ2) is 4.18. The molecule has 1 saturated heterocycles. The fourth-order valence-electron chi connectivity index (χ4n) is 2.28. The summed E-state index contributed by atoms with van der Waals surface area (Å²) in [6.07, 6.45) is 4.01. The summed E-state index contributed by atoms with van der Waals surface area (Å²) >= 11 is 0. The van der Waals surface area contributed by atoms with Crippen LogP contribution in [0.15, 0.2) is 12.3 Å². The Hall–Kier alpha value is -0.880. The Labute approximate surface area is 95.6 Å². The van der Waals surface area contributed by atoms with Gasteiger partial charge in [-0.25, -0.2) is 8.42 Å². The third-order valence-electron chi connectivity index (χ3n) is 3.23. The Morgan fingerprint density at radius 1 is 1.56 bits per heavy atom. The van der Waals surface area contributed by atoms with E-state index in [1.807, 2.05) is 0 Å². The third kappa shape index (κ3) is 1.99. The predicted octanol–water partition coefficient (Wildman–Crippen LogP) is 0.387. The molecule has 1 fully saturated rings. The van der Waals surface area contributed by atoms with Gasteiger partial charge in [-0.1, -0.05) is 6.42 Å². The lowest BCUT2D eigenvalue weighted by Gasteiger charge is -2.27. The summed E-state index contributed by atoms with van der Waals surface area (Å²) in [6.45, 7) is 0. The smallest absolute Gasteiger partial charge is 0.155 e. The average molecular weight is 243 g/mol. The van der Waals surface area contributed by atoms with Gasteiger partial charge < -0.3 is 5.73 Å². The van der Waals surface area contributed by atoms with Crippen molar-refractivity contribution < 1.29 is 8.42 Å². The summed E-state index contributed by atoms with van der Waals surface area (Å²) in [6, 6.07) is 1.33. The van der Waals surface area contributed by atoms with Crippen LogP contribution in [0.3, 0.4) is 0 Å². The monoisotopic (exact) mass is 243 g/mol. The van der Waals surface area contributed by atoms with Crippen molar-refractivity contribution in [1.82, 2.24) is 9.78 Å². The standard InChI is InChI=1S/C10H17N3O2S/c1-13-8(5-6-12-13)10(11)9-4-2-3-7-16(9,14)15/h5-6,9-10H,2-4,7,11H2,1H3. The van der Waals surface area contributed by atoms with Crippen LogP contribution in [0.1, 0.15) is 31.0 Å². The van der Waals surface area contributed by atoms with Crippen molar-refractivity contribution in [3.63, 3.8) is 0 Å². The molecule has 0 spiro atoms. The molecule has 1 aromatic rings. The molecule has 2 atom stereocenters. The summed E-state index contributed by atoms with van der Waals surface area (Å²) < 4.78 is 25.5. The number of rotatable bonds is 2. The fraction of sp³-hybridized carbons (Fsp3) is 0.700. The molecule has 0 aliphatic carbocycles. The number of nitrogens with two attached hydrogens (primary N) is 1. The first-order valence-electron chi connectivity index (χ1n) is 5.47. The van der Waals surface area contributed by atoms with Gasteiger partial charge in [-0.2, -0.15) is 5.10 Å². The zero-order valence-electron chi connectivity index (χ0n) is 9.33. The summed E-state index contributed by atoms with van der Waals surface area (Å²) in [5, 5.41) is 3.57. The Morgan fingerprint density at radius 2 is 2.31 bits per heavy atom. The quantitative estimate of drug-likeness (QED) is 0.815. The highest BCUT2D eigenvalue weighted by atomic mass is 32.2. The summed E-state index contributed by atoms with van der Waals surface area (Å²) in [7, 11) is -1.25. The molecule has 2 N–H and O–H groups in total. The van der Waals surface area contributed by atoms with Crippen LogP contribution < -0.4 is 5.73 Å². The van der Waals surface area contributed by atoms with Crippen LogP contribution in [0.5, 0.6) is 0 Å². The second-order valence-electron chi connectivity index (χ2n) is 4.31. The largest absolute Gasteiger partial charge is 0.322 e. The van der Waals surface area contributed by atoms with E-state index in [2.05, 4.69) is 5.10 Å². The van der Waals surface area contributed by atoms with E-state index >= 15 is 0 Å². The molecule has 0 amide bonds. The molecular weight excluding hydrogens is 226 g/mol. The van der Waals surface area contributed by atoms with Crippen LogP contribution >= 0.6 is 0 Å². The predicted molar refractivity (Wildman–Crippen MR) is 61.6 cm³/mol. The highest BCUT2D eigenvalue weighted by molar-refractivity contribution is 7.92. The summed E-state index contributed by atoms with van der Waals surface area (Å²) in [5.74, 6) is 0.267. The lowest BCUT2D eigenvalue weighted by molar-refractivity contribution is 0.490. The summed E-state index contributed by atoms with van der Waals surface area (Å²) in [4.78, 5) is 0.